The maximum absolute atomic E-state index is 13.8. The van der Waals surface area contributed by atoms with Crippen molar-refractivity contribution in [2.75, 3.05) is 12.9 Å². The van der Waals surface area contributed by atoms with Crippen molar-refractivity contribution in [2.24, 2.45) is 5.92 Å². The summed E-state index contributed by atoms with van der Waals surface area (Å²) >= 11 is 2.73. The highest BCUT2D eigenvalue weighted by Crippen LogP contribution is 2.36. The number of benzene rings is 1. The summed E-state index contributed by atoms with van der Waals surface area (Å²) in [5.74, 6) is 0.100. The van der Waals surface area contributed by atoms with Crippen LogP contribution < -0.4 is 5.56 Å². The predicted molar refractivity (Wildman–Crippen MR) is 120 cm³/mol. The van der Waals surface area contributed by atoms with E-state index in [0.717, 1.165) is 21.7 Å². The number of ether oxygens (including phenoxy) is 2. The summed E-state index contributed by atoms with van der Waals surface area (Å²) in [6.45, 7) is 6.74. The summed E-state index contributed by atoms with van der Waals surface area (Å²) in [7, 11) is 1.35. The van der Waals surface area contributed by atoms with Crippen LogP contribution in [0.5, 0.6) is 0 Å². The molecular weight excluding hydrogens is 420 g/mol. The van der Waals surface area contributed by atoms with Gasteiger partial charge in [0.15, 0.2) is 5.16 Å². The first-order valence-corrected chi connectivity index (χ1v) is 11.7. The molecule has 30 heavy (non-hydrogen) atoms. The molecule has 0 amide bonds. The van der Waals surface area contributed by atoms with Crippen LogP contribution in [0.4, 0.5) is 0 Å². The third-order valence-electron chi connectivity index (χ3n) is 5.36. The average molecular weight is 445 g/mol. The Kier molecular flexibility index (Phi) is 5.99. The number of aromatic nitrogens is 2. The molecule has 0 fully saturated rings. The molecule has 0 unspecified atom stereocenters. The molecule has 2 aromatic heterocycles. The van der Waals surface area contributed by atoms with Gasteiger partial charge in [-0.25, -0.2) is 4.98 Å². The first-order chi connectivity index (χ1) is 14.4. The number of thioether (sulfide) groups is 1. The number of esters is 1. The van der Waals surface area contributed by atoms with Crippen LogP contribution >= 0.6 is 23.1 Å². The minimum absolute atomic E-state index is 0.0873. The molecule has 3 heterocycles. The summed E-state index contributed by atoms with van der Waals surface area (Å²) < 4.78 is 12.4. The van der Waals surface area contributed by atoms with Crippen LogP contribution in [0.2, 0.25) is 0 Å². The SMILES string of the molecule is COC(=O)CSc1nc2sc3c(c2c(=O)n1-c1ccccc1C)C[C@H](C(C)C)OC3. The fourth-order valence-corrected chi connectivity index (χ4v) is 5.64. The highest BCUT2D eigenvalue weighted by atomic mass is 32.2. The van der Waals surface area contributed by atoms with E-state index < -0.39 is 0 Å². The van der Waals surface area contributed by atoms with Gasteiger partial charge in [0.25, 0.3) is 5.56 Å². The second-order valence-corrected chi connectivity index (χ2v) is 9.69. The lowest BCUT2D eigenvalue weighted by molar-refractivity contribution is -0.137. The van der Waals surface area contributed by atoms with E-state index in [9.17, 15) is 9.59 Å². The maximum atomic E-state index is 13.8. The van der Waals surface area contributed by atoms with Gasteiger partial charge >= 0.3 is 5.97 Å². The number of para-hydroxylation sites is 1. The number of thiophene rings is 1. The zero-order valence-corrected chi connectivity index (χ0v) is 19.1. The molecule has 1 aromatic carbocycles. The van der Waals surface area contributed by atoms with Gasteiger partial charge in [-0.15, -0.1) is 11.3 Å². The quantitative estimate of drug-likeness (QED) is 0.335. The van der Waals surface area contributed by atoms with Crippen molar-refractivity contribution in [3.8, 4) is 5.69 Å². The first-order valence-electron chi connectivity index (χ1n) is 9.85. The van der Waals surface area contributed by atoms with Crippen molar-refractivity contribution >= 4 is 39.3 Å². The molecule has 0 bridgehead atoms. The van der Waals surface area contributed by atoms with E-state index in [-0.39, 0.29) is 23.4 Å². The number of methoxy groups -OCH3 is 1. The smallest absolute Gasteiger partial charge is 0.316 e. The van der Waals surface area contributed by atoms with Crippen molar-refractivity contribution in [3.63, 3.8) is 0 Å². The zero-order chi connectivity index (χ0) is 21.4. The van der Waals surface area contributed by atoms with Crippen molar-refractivity contribution < 1.29 is 14.3 Å². The normalized spacial score (nSPS) is 16.1. The lowest BCUT2D eigenvalue weighted by atomic mass is 9.96. The number of fused-ring (bicyclic) bond motifs is 3. The van der Waals surface area contributed by atoms with Gasteiger partial charge in [-0.05, 0) is 30.0 Å². The first kappa shape index (κ1) is 21.1. The molecule has 1 aliphatic heterocycles. The van der Waals surface area contributed by atoms with E-state index in [1.165, 1.54) is 30.2 Å². The van der Waals surface area contributed by atoms with E-state index >= 15 is 0 Å². The number of rotatable bonds is 5. The molecule has 0 aliphatic carbocycles. The van der Waals surface area contributed by atoms with Gasteiger partial charge in [-0.2, -0.15) is 0 Å². The van der Waals surface area contributed by atoms with Crippen molar-refractivity contribution in [3.05, 3.63) is 50.6 Å². The number of carbonyl (C=O) groups is 1. The van der Waals surface area contributed by atoms with Gasteiger partial charge < -0.3 is 9.47 Å². The Labute approximate surface area is 183 Å². The summed E-state index contributed by atoms with van der Waals surface area (Å²) in [4.78, 5) is 32.1. The minimum atomic E-state index is -0.357. The third kappa shape index (κ3) is 3.79. The van der Waals surface area contributed by atoms with E-state index in [0.29, 0.717) is 34.3 Å². The van der Waals surface area contributed by atoms with Gasteiger partial charge in [-0.3, -0.25) is 14.2 Å². The zero-order valence-electron chi connectivity index (χ0n) is 17.4. The molecule has 0 spiro atoms. The number of hydrogen-bond acceptors (Lipinski definition) is 7. The Hall–Kier alpha value is -2.16. The van der Waals surface area contributed by atoms with Gasteiger partial charge in [0.2, 0.25) is 0 Å². The molecule has 0 N–H and O–H groups in total. The van der Waals surface area contributed by atoms with Gasteiger partial charge in [-0.1, -0.05) is 43.8 Å². The van der Waals surface area contributed by atoms with Crippen LogP contribution in [0.3, 0.4) is 0 Å². The van der Waals surface area contributed by atoms with E-state index in [1.807, 2.05) is 31.2 Å². The molecule has 8 heteroatoms. The minimum Gasteiger partial charge on any atom is -0.468 e. The van der Waals surface area contributed by atoms with Crippen molar-refractivity contribution in [1.82, 2.24) is 9.55 Å². The summed E-state index contributed by atoms with van der Waals surface area (Å²) in [5.41, 5.74) is 2.71. The Bertz CT molecular complexity index is 1170. The summed E-state index contributed by atoms with van der Waals surface area (Å²) in [5, 5.41) is 1.17. The Balaban J connectivity index is 1.93. The van der Waals surface area contributed by atoms with Gasteiger partial charge in [0.05, 0.1) is 36.6 Å². The Morgan fingerprint density at radius 3 is 2.87 bits per heavy atom. The maximum Gasteiger partial charge on any atom is 0.316 e. The monoisotopic (exact) mass is 444 g/mol. The van der Waals surface area contributed by atoms with Crippen LogP contribution in [-0.2, 0) is 27.3 Å². The van der Waals surface area contributed by atoms with Crippen molar-refractivity contribution in [1.29, 1.82) is 0 Å². The molecule has 0 saturated carbocycles. The molecule has 1 aliphatic rings. The van der Waals surface area contributed by atoms with Crippen LogP contribution in [0.25, 0.3) is 15.9 Å². The van der Waals surface area contributed by atoms with Crippen LogP contribution in [0, 0.1) is 12.8 Å². The third-order valence-corrected chi connectivity index (χ3v) is 7.37. The van der Waals surface area contributed by atoms with Gasteiger partial charge in [0, 0.05) is 11.3 Å². The second-order valence-electron chi connectivity index (χ2n) is 7.67. The molecule has 3 aromatic rings. The van der Waals surface area contributed by atoms with E-state index in [4.69, 9.17) is 14.5 Å². The lowest BCUT2D eigenvalue weighted by Gasteiger charge is -2.26. The summed E-state index contributed by atoms with van der Waals surface area (Å²) in [6.07, 6.45) is 0.807. The molecule has 6 nitrogen and oxygen atoms in total. The van der Waals surface area contributed by atoms with Crippen molar-refractivity contribution in [2.45, 2.75) is 45.1 Å². The number of aryl methyl sites for hydroxylation is 1. The number of hydrogen-bond donors (Lipinski definition) is 0. The van der Waals surface area contributed by atoms with E-state index in [1.54, 1.807) is 4.57 Å². The molecule has 1 atom stereocenters. The molecule has 4 rings (SSSR count). The highest BCUT2D eigenvalue weighted by molar-refractivity contribution is 7.99. The van der Waals surface area contributed by atoms with E-state index in [2.05, 4.69) is 13.8 Å². The predicted octanol–water partition coefficient (Wildman–Crippen LogP) is 4.12. The Morgan fingerprint density at radius 2 is 2.17 bits per heavy atom. The standard InChI is InChI=1S/C22H24N2O4S2/c1-12(2)16-9-14-17(10-28-16)30-20-19(14)21(26)24(15-8-6-5-7-13(15)3)22(23-20)29-11-18(25)27-4/h5-8,12,16H,9-11H2,1-4H3/t16-/m1/s1. The van der Waals surface area contributed by atoms with Crippen LogP contribution in [0.15, 0.2) is 34.2 Å². The second kappa shape index (κ2) is 8.53. The van der Waals surface area contributed by atoms with Crippen LogP contribution in [0.1, 0.15) is 29.9 Å². The molecule has 158 valence electrons. The molecule has 0 saturated heterocycles. The molecule has 0 radical (unpaired) electrons. The number of carbonyl (C=O) groups excluding carboxylic acids is 1. The Morgan fingerprint density at radius 1 is 1.40 bits per heavy atom. The molecular formula is C22H24N2O4S2. The fraction of sp³-hybridized carbons (Fsp3) is 0.409. The van der Waals surface area contributed by atoms with Crippen LogP contribution in [-0.4, -0.2) is 34.5 Å². The number of nitrogens with zero attached hydrogens (tertiary/aromatic N) is 2. The average Bonchev–Trinajstić information content (AvgIpc) is 3.10. The largest absolute Gasteiger partial charge is 0.468 e. The topological polar surface area (TPSA) is 70.4 Å². The van der Waals surface area contributed by atoms with Gasteiger partial charge in [0.1, 0.15) is 4.83 Å². The lowest BCUT2D eigenvalue weighted by Crippen LogP contribution is -2.28. The fourth-order valence-electron chi connectivity index (χ4n) is 3.64. The highest BCUT2D eigenvalue weighted by Gasteiger charge is 2.29. The summed E-state index contributed by atoms with van der Waals surface area (Å²) in [6, 6.07) is 7.71.